The zero-order valence-corrected chi connectivity index (χ0v) is 14.5. The zero-order valence-electron chi connectivity index (χ0n) is 14.5. The number of carbonyl (C=O) groups excluding carboxylic acids is 1. The van der Waals surface area contributed by atoms with Gasteiger partial charge in [0.15, 0.2) is 6.61 Å². The van der Waals surface area contributed by atoms with Gasteiger partial charge in [-0.3, -0.25) is 9.78 Å². The molecule has 1 aliphatic rings. The van der Waals surface area contributed by atoms with Gasteiger partial charge in [-0.25, -0.2) is 0 Å². The second-order valence-corrected chi connectivity index (χ2v) is 5.81. The Morgan fingerprint density at radius 3 is 2.39 bits per heavy atom. The van der Waals surface area contributed by atoms with Crippen LogP contribution in [0.25, 0.3) is 0 Å². The molecule has 1 aromatic rings. The van der Waals surface area contributed by atoms with Crippen molar-refractivity contribution in [1.29, 1.82) is 0 Å². The summed E-state index contributed by atoms with van der Waals surface area (Å²) in [6.07, 6.45) is -4.99. The number of halogens is 6. The third-order valence-electron chi connectivity index (χ3n) is 3.76. The Morgan fingerprint density at radius 2 is 1.86 bits per heavy atom. The number of hydrogen-bond acceptors (Lipinski definition) is 4. The van der Waals surface area contributed by atoms with Crippen molar-refractivity contribution in [2.24, 2.45) is 5.92 Å². The summed E-state index contributed by atoms with van der Waals surface area (Å²) in [6, 6.07) is 4.34. The second-order valence-electron chi connectivity index (χ2n) is 5.81. The zero-order chi connectivity index (χ0) is 21.0. The largest absolute Gasteiger partial charge is 0.484 e. The fraction of sp³-hybridized carbons (Fsp3) is 0.412. The monoisotopic (exact) mass is 410 g/mol. The van der Waals surface area contributed by atoms with Crippen LogP contribution in [-0.4, -0.2) is 43.5 Å². The van der Waals surface area contributed by atoms with Crippen LogP contribution in [0.2, 0.25) is 0 Å². The van der Waals surface area contributed by atoms with Gasteiger partial charge < -0.3 is 14.8 Å². The van der Waals surface area contributed by atoms with Gasteiger partial charge in [0.1, 0.15) is 18.0 Å². The highest BCUT2D eigenvalue weighted by molar-refractivity contribution is 5.82. The molecule has 154 valence electrons. The van der Waals surface area contributed by atoms with Crippen LogP contribution in [0, 0.1) is 5.92 Å². The van der Waals surface area contributed by atoms with Crippen LogP contribution in [0.4, 0.5) is 26.3 Å². The smallest absolute Gasteiger partial charge is 0.422 e. The Morgan fingerprint density at radius 1 is 1.18 bits per heavy atom. The molecule has 0 saturated carbocycles. The minimum absolute atomic E-state index is 0.0183. The van der Waals surface area contributed by atoms with Crippen LogP contribution in [0.3, 0.4) is 0 Å². The number of nitrogens with zero attached hydrogens (tertiary/aromatic N) is 1. The van der Waals surface area contributed by atoms with E-state index in [1.807, 2.05) is 0 Å². The van der Waals surface area contributed by atoms with E-state index >= 15 is 0 Å². The summed E-state index contributed by atoms with van der Waals surface area (Å²) in [7, 11) is 1.23. The van der Waals surface area contributed by atoms with Crippen molar-refractivity contribution < 1.29 is 40.6 Å². The van der Waals surface area contributed by atoms with Gasteiger partial charge in [0.05, 0.1) is 11.6 Å². The number of ether oxygens (including phenoxy) is 2. The third-order valence-corrected chi connectivity index (χ3v) is 3.76. The minimum atomic E-state index is -4.71. The predicted molar refractivity (Wildman–Crippen MR) is 84.7 cm³/mol. The van der Waals surface area contributed by atoms with Crippen LogP contribution in [0.5, 0.6) is 0 Å². The van der Waals surface area contributed by atoms with Gasteiger partial charge in [-0.05, 0) is 30.4 Å². The van der Waals surface area contributed by atoms with E-state index in [0.717, 1.165) is 18.2 Å². The average Bonchev–Trinajstić information content (AvgIpc) is 2.64. The third kappa shape index (κ3) is 5.47. The first-order valence-corrected chi connectivity index (χ1v) is 7.91. The van der Waals surface area contributed by atoms with Crippen molar-refractivity contribution in [3.05, 3.63) is 54.1 Å². The molecule has 5 nitrogen and oxygen atoms in total. The Hall–Kier alpha value is -2.56. The van der Waals surface area contributed by atoms with Crippen LogP contribution in [0.1, 0.15) is 5.69 Å². The summed E-state index contributed by atoms with van der Waals surface area (Å²) in [5.74, 6) is -2.57. The maximum Gasteiger partial charge on any atom is 0.422 e. The number of pyridine rings is 1. The lowest BCUT2D eigenvalue weighted by Crippen LogP contribution is -2.47. The van der Waals surface area contributed by atoms with E-state index in [1.165, 1.54) is 31.4 Å². The standard InChI is InChI=1S/C17H16F6N2O3/c1-24-14(26)12-8-11(27-9-16(18,19)20)5-6-15(12,28-10-17(21,22)23)13-4-2-3-7-25-13/h2-8,12H,9-10H2,1H3,(H,24,26)/t12-,15+/m1/s1. The van der Waals surface area contributed by atoms with Crippen molar-refractivity contribution >= 4 is 5.91 Å². The first-order valence-electron chi connectivity index (χ1n) is 7.91. The predicted octanol–water partition coefficient (Wildman–Crippen LogP) is 3.25. The van der Waals surface area contributed by atoms with Crippen LogP contribution in [-0.2, 0) is 19.9 Å². The van der Waals surface area contributed by atoms with Gasteiger partial charge in [-0.1, -0.05) is 6.07 Å². The van der Waals surface area contributed by atoms with Gasteiger partial charge in [-0.2, -0.15) is 26.3 Å². The Bertz CT molecular complexity index is 745. The maximum atomic E-state index is 12.8. The van der Waals surface area contributed by atoms with Crippen molar-refractivity contribution in [3.8, 4) is 0 Å². The molecular weight excluding hydrogens is 394 g/mol. The molecule has 0 unspecified atom stereocenters. The minimum Gasteiger partial charge on any atom is -0.484 e. The number of amides is 1. The summed E-state index contributed by atoms with van der Waals surface area (Å²) in [4.78, 5) is 16.3. The number of aromatic nitrogens is 1. The number of carbonyl (C=O) groups is 1. The molecule has 1 aromatic heterocycles. The summed E-state index contributed by atoms with van der Waals surface area (Å²) >= 11 is 0. The molecule has 0 radical (unpaired) electrons. The Balaban J connectivity index is 2.46. The Labute approximate surface area is 156 Å². The highest BCUT2D eigenvalue weighted by atomic mass is 19.4. The first kappa shape index (κ1) is 21.7. The summed E-state index contributed by atoms with van der Waals surface area (Å²) in [5, 5.41) is 2.27. The van der Waals surface area contributed by atoms with E-state index in [1.54, 1.807) is 0 Å². The summed E-state index contributed by atoms with van der Waals surface area (Å²) in [6.45, 7) is -3.32. The molecule has 0 bridgehead atoms. The molecule has 0 aromatic carbocycles. The van der Waals surface area contributed by atoms with E-state index in [2.05, 4.69) is 15.0 Å². The fourth-order valence-electron chi connectivity index (χ4n) is 2.59. The highest BCUT2D eigenvalue weighted by Crippen LogP contribution is 2.41. The van der Waals surface area contributed by atoms with Crippen LogP contribution < -0.4 is 5.32 Å². The highest BCUT2D eigenvalue weighted by Gasteiger charge is 2.48. The van der Waals surface area contributed by atoms with E-state index < -0.39 is 43.0 Å². The van der Waals surface area contributed by atoms with Gasteiger partial charge in [-0.15, -0.1) is 0 Å². The number of allylic oxidation sites excluding steroid dienone is 1. The molecule has 1 amide bonds. The van der Waals surface area contributed by atoms with Gasteiger partial charge in [0.25, 0.3) is 0 Å². The lowest BCUT2D eigenvalue weighted by atomic mass is 9.79. The quantitative estimate of drug-likeness (QED) is 0.732. The van der Waals surface area contributed by atoms with E-state index in [9.17, 15) is 31.1 Å². The fourth-order valence-corrected chi connectivity index (χ4v) is 2.59. The van der Waals surface area contributed by atoms with E-state index in [-0.39, 0.29) is 11.5 Å². The molecule has 28 heavy (non-hydrogen) atoms. The van der Waals surface area contributed by atoms with Crippen molar-refractivity contribution in [2.45, 2.75) is 18.0 Å². The number of nitrogens with one attached hydrogen (secondary N) is 1. The average molecular weight is 410 g/mol. The van der Waals surface area contributed by atoms with Gasteiger partial charge in [0, 0.05) is 13.2 Å². The first-order chi connectivity index (χ1) is 13.0. The maximum absolute atomic E-state index is 12.8. The van der Waals surface area contributed by atoms with Crippen LogP contribution in [0.15, 0.2) is 48.4 Å². The molecule has 2 atom stereocenters. The number of alkyl halides is 6. The van der Waals surface area contributed by atoms with Crippen molar-refractivity contribution in [2.75, 3.05) is 20.3 Å². The van der Waals surface area contributed by atoms with Crippen molar-refractivity contribution in [1.82, 2.24) is 10.3 Å². The molecule has 0 fully saturated rings. The van der Waals surface area contributed by atoms with E-state index in [4.69, 9.17) is 4.74 Å². The number of rotatable bonds is 6. The van der Waals surface area contributed by atoms with Gasteiger partial charge in [0.2, 0.25) is 5.91 Å². The molecule has 1 heterocycles. The molecule has 0 aliphatic heterocycles. The van der Waals surface area contributed by atoms with Gasteiger partial charge >= 0.3 is 12.4 Å². The molecular formula is C17H16F6N2O3. The Kier molecular flexibility index (Phi) is 6.37. The normalized spacial score (nSPS) is 22.5. The molecule has 1 aliphatic carbocycles. The molecule has 1 N–H and O–H groups in total. The molecule has 11 heteroatoms. The summed E-state index contributed by atoms with van der Waals surface area (Å²) in [5.41, 5.74) is -2.00. The lowest BCUT2D eigenvalue weighted by molar-refractivity contribution is -0.207. The van der Waals surface area contributed by atoms with Crippen molar-refractivity contribution in [3.63, 3.8) is 0 Å². The number of hydrogen-bond donors (Lipinski definition) is 1. The van der Waals surface area contributed by atoms with Crippen LogP contribution >= 0.6 is 0 Å². The summed E-state index contributed by atoms with van der Waals surface area (Å²) < 4.78 is 85.3. The lowest BCUT2D eigenvalue weighted by Gasteiger charge is -2.38. The van der Waals surface area contributed by atoms with E-state index in [0.29, 0.717) is 0 Å². The molecule has 0 saturated heterocycles. The molecule has 2 rings (SSSR count). The SMILES string of the molecule is CNC(=O)[C@H]1C=C(OCC(F)(F)F)C=C[C@@]1(OCC(F)(F)F)c1ccccn1. The second kappa shape index (κ2) is 8.21. The topological polar surface area (TPSA) is 60.5 Å². The molecule has 0 spiro atoms.